The van der Waals surface area contributed by atoms with Gasteiger partial charge in [-0.05, 0) is 28.5 Å². The molecule has 1 unspecified atom stereocenters. The zero-order valence-corrected chi connectivity index (χ0v) is 10.9. The Kier molecular flexibility index (Phi) is 3.58. The van der Waals surface area contributed by atoms with E-state index in [4.69, 9.17) is 4.74 Å². The van der Waals surface area contributed by atoms with Crippen molar-refractivity contribution in [2.24, 2.45) is 0 Å². The van der Waals surface area contributed by atoms with Crippen LogP contribution in [0.25, 0.3) is 0 Å². The van der Waals surface area contributed by atoms with Crippen molar-refractivity contribution in [3.63, 3.8) is 0 Å². The second-order valence-electron chi connectivity index (χ2n) is 4.71. The van der Waals surface area contributed by atoms with E-state index in [1.54, 1.807) is 0 Å². The fourth-order valence-corrected chi connectivity index (χ4v) is 2.22. The molecule has 0 bridgehead atoms. The lowest BCUT2D eigenvalue weighted by atomic mass is 10.0. The molecule has 1 aromatic heterocycles. The number of benzene rings is 1. The molecule has 0 saturated heterocycles. The van der Waals surface area contributed by atoms with Crippen molar-refractivity contribution in [1.82, 2.24) is 25.5 Å². The third-order valence-electron chi connectivity index (χ3n) is 3.20. The zero-order chi connectivity index (χ0) is 13.8. The van der Waals surface area contributed by atoms with E-state index in [1.165, 1.54) is 11.0 Å². The molecular weight excluding hydrogens is 258 g/mol. The molecule has 0 saturated carbocycles. The number of para-hydroxylation sites is 1. The van der Waals surface area contributed by atoms with Crippen LogP contribution in [-0.2, 0) is 17.8 Å². The summed E-state index contributed by atoms with van der Waals surface area (Å²) in [7, 11) is 0. The number of carbonyl (C=O) groups excluding carboxylic acids is 1. The second-order valence-corrected chi connectivity index (χ2v) is 4.71. The summed E-state index contributed by atoms with van der Waals surface area (Å²) < 4.78 is 7.17. The maximum Gasteiger partial charge on any atom is 0.222 e. The lowest BCUT2D eigenvalue weighted by Crippen LogP contribution is -2.42. The molecule has 2 heterocycles. The lowest BCUT2D eigenvalue weighted by Gasteiger charge is -2.26. The molecule has 1 N–H and O–H groups in total. The molecule has 7 heteroatoms. The Morgan fingerprint density at radius 1 is 1.45 bits per heavy atom. The summed E-state index contributed by atoms with van der Waals surface area (Å²) in [6, 6.07) is 7.92. The summed E-state index contributed by atoms with van der Waals surface area (Å²) in [6.07, 6.45) is 2.64. The first kappa shape index (κ1) is 12.6. The number of aromatic nitrogens is 4. The highest BCUT2D eigenvalue weighted by Gasteiger charge is 2.20. The van der Waals surface area contributed by atoms with Crippen molar-refractivity contribution in [3.8, 4) is 5.75 Å². The van der Waals surface area contributed by atoms with Gasteiger partial charge in [0.25, 0.3) is 0 Å². The van der Waals surface area contributed by atoms with E-state index >= 15 is 0 Å². The van der Waals surface area contributed by atoms with E-state index in [1.807, 2.05) is 24.3 Å². The van der Waals surface area contributed by atoms with Gasteiger partial charge in [-0.2, -0.15) is 0 Å². The molecule has 1 atom stereocenters. The fourth-order valence-electron chi connectivity index (χ4n) is 2.22. The molecule has 0 fully saturated rings. The molecule has 1 aliphatic rings. The number of fused-ring (bicyclic) bond motifs is 1. The highest BCUT2D eigenvalue weighted by atomic mass is 16.5. The topological polar surface area (TPSA) is 81.9 Å². The number of tetrazole rings is 1. The normalized spacial score (nSPS) is 17.1. The maximum atomic E-state index is 11.9. The zero-order valence-electron chi connectivity index (χ0n) is 10.9. The predicted molar refractivity (Wildman–Crippen MR) is 70.0 cm³/mol. The average molecular weight is 273 g/mol. The van der Waals surface area contributed by atoms with Gasteiger partial charge in [-0.25, -0.2) is 4.68 Å². The van der Waals surface area contributed by atoms with E-state index in [9.17, 15) is 4.79 Å². The van der Waals surface area contributed by atoms with Gasteiger partial charge in [0.2, 0.25) is 5.91 Å². The Hall–Kier alpha value is -2.44. The lowest BCUT2D eigenvalue weighted by molar-refractivity contribution is -0.122. The largest absolute Gasteiger partial charge is 0.491 e. The molecule has 104 valence electrons. The van der Waals surface area contributed by atoms with Gasteiger partial charge >= 0.3 is 0 Å². The molecule has 3 rings (SSSR count). The summed E-state index contributed by atoms with van der Waals surface area (Å²) in [4.78, 5) is 11.9. The summed E-state index contributed by atoms with van der Waals surface area (Å²) in [5, 5.41) is 13.7. The van der Waals surface area contributed by atoms with Crippen LogP contribution < -0.4 is 10.1 Å². The molecule has 7 nitrogen and oxygen atoms in total. The van der Waals surface area contributed by atoms with Crippen molar-refractivity contribution in [3.05, 3.63) is 36.2 Å². The van der Waals surface area contributed by atoms with Gasteiger partial charge in [-0.3, -0.25) is 4.79 Å². The van der Waals surface area contributed by atoms with Crippen molar-refractivity contribution >= 4 is 5.91 Å². The van der Waals surface area contributed by atoms with Crippen LogP contribution in [0.1, 0.15) is 12.0 Å². The number of hydrogen-bond acceptors (Lipinski definition) is 5. The third-order valence-corrected chi connectivity index (χ3v) is 3.20. The molecule has 0 radical (unpaired) electrons. The van der Waals surface area contributed by atoms with E-state index in [0.717, 1.165) is 17.7 Å². The number of nitrogens with zero attached hydrogens (tertiary/aromatic N) is 4. The van der Waals surface area contributed by atoms with Gasteiger partial charge in [-0.15, -0.1) is 5.10 Å². The average Bonchev–Trinajstić information content (AvgIpc) is 2.98. The molecule has 2 aromatic rings. The molecular formula is C13H15N5O2. The van der Waals surface area contributed by atoms with Crippen molar-refractivity contribution < 1.29 is 9.53 Å². The van der Waals surface area contributed by atoms with Crippen LogP contribution in [-0.4, -0.2) is 38.8 Å². The molecule has 20 heavy (non-hydrogen) atoms. The van der Waals surface area contributed by atoms with Gasteiger partial charge in [0.05, 0.1) is 12.6 Å². The number of ether oxygens (including phenoxy) is 1. The van der Waals surface area contributed by atoms with E-state index in [-0.39, 0.29) is 11.9 Å². The molecule has 1 aromatic carbocycles. The number of rotatable bonds is 4. The Morgan fingerprint density at radius 3 is 3.20 bits per heavy atom. The highest BCUT2D eigenvalue weighted by molar-refractivity contribution is 5.76. The van der Waals surface area contributed by atoms with Crippen LogP contribution in [0.15, 0.2) is 30.6 Å². The number of amides is 1. The van der Waals surface area contributed by atoms with Gasteiger partial charge in [0, 0.05) is 6.42 Å². The second kappa shape index (κ2) is 5.68. The molecule has 0 aliphatic carbocycles. The highest BCUT2D eigenvalue weighted by Crippen LogP contribution is 2.23. The fraction of sp³-hybridized carbons (Fsp3) is 0.385. The van der Waals surface area contributed by atoms with Crippen LogP contribution in [0.2, 0.25) is 0 Å². The standard InChI is InChI=1S/C13H15N5O2/c19-13(5-6-18-9-14-16-17-18)15-11-7-10-3-1-2-4-12(10)20-8-11/h1-4,9,11H,5-8H2,(H,15,19). The smallest absolute Gasteiger partial charge is 0.222 e. The van der Waals surface area contributed by atoms with Gasteiger partial charge in [0.1, 0.15) is 18.7 Å². The number of hydrogen-bond donors (Lipinski definition) is 1. The third kappa shape index (κ3) is 2.93. The minimum Gasteiger partial charge on any atom is -0.491 e. The quantitative estimate of drug-likeness (QED) is 0.859. The number of carbonyl (C=O) groups is 1. The van der Waals surface area contributed by atoms with Crippen molar-refractivity contribution in [2.45, 2.75) is 25.4 Å². The molecule has 1 aliphatic heterocycles. The minimum atomic E-state index is -0.0199. The van der Waals surface area contributed by atoms with Crippen LogP contribution in [0, 0.1) is 0 Å². The Labute approximate surface area is 115 Å². The van der Waals surface area contributed by atoms with Crippen LogP contribution in [0.3, 0.4) is 0 Å². The van der Waals surface area contributed by atoms with E-state index in [2.05, 4.69) is 20.8 Å². The molecule has 1 amide bonds. The van der Waals surface area contributed by atoms with Gasteiger partial charge in [-0.1, -0.05) is 18.2 Å². The van der Waals surface area contributed by atoms with Crippen LogP contribution >= 0.6 is 0 Å². The van der Waals surface area contributed by atoms with E-state index < -0.39 is 0 Å². The van der Waals surface area contributed by atoms with Crippen molar-refractivity contribution in [1.29, 1.82) is 0 Å². The predicted octanol–water partition coefficient (Wildman–Crippen LogP) is 0.183. The Morgan fingerprint density at radius 2 is 2.35 bits per heavy atom. The first-order chi connectivity index (χ1) is 9.81. The van der Waals surface area contributed by atoms with Crippen LogP contribution in [0.5, 0.6) is 5.75 Å². The minimum absolute atomic E-state index is 0.0197. The first-order valence-electron chi connectivity index (χ1n) is 6.52. The number of aryl methyl sites for hydroxylation is 1. The Bertz CT molecular complexity index is 584. The summed E-state index contributed by atoms with van der Waals surface area (Å²) in [5.74, 6) is 0.889. The van der Waals surface area contributed by atoms with E-state index in [0.29, 0.717) is 19.6 Å². The summed E-state index contributed by atoms with van der Waals surface area (Å²) in [5.41, 5.74) is 1.13. The molecule has 0 spiro atoms. The van der Waals surface area contributed by atoms with Crippen LogP contribution in [0.4, 0.5) is 0 Å². The first-order valence-corrected chi connectivity index (χ1v) is 6.52. The van der Waals surface area contributed by atoms with Crippen molar-refractivity contribution in [2.75, 3.05) is 6.61 Å². The summed E-state index contributed by atoms with van der Waals surface area (Å²) >= 11 is 0. The monoisotopic (exact) mass is 273 g/mol. The van der Waals surface area contributed by atoms with Gasteiger partial charge < -0.3 is 10.1 Å². The van der Waals surface area contributed by atoms with Gasteiger partial charge in [0.15, 0.2) is 0 Å². The Balaban J connectivity index is 1.50. The SMILES string of the molecule is O=C(CCn1cnnn1)NC1COc2ccccc2C1. The summed E-state index contributed by atoms with van der Waals surface area (Å²) in [6.45, 7) is 0.983. The maximum absolute atomic E-state index is 11.9. The number of nitrogens with one attached hydrogen (secondary N) is 1.